The average molecular weight is 262 g/mol. The van der Waals surface area contributed by atoms with E-state index >= 15 is 0 Å². The second kappa shape index (κ2) is 5.21. The van der Waals surface area contributed by atoms with E-state index in [0.29, 0.717) is 17.9 Å². The van der Waals surface area contributed by atoms with Crippen molar-refractivity contribution in [3.63, 3.8) is 0 Å². The maximum Gasteiger partial charge on any atom is 0.274 e. The third kappa shape index (κ3) is 2.98. The van der Waals surface area contributed by atoms with Crippen LogP contribution < -0.4 is 5.32 Å². The van der Waals surface area contributed by atoms with Crippen molar-refractivity contribution in [1.29, 1.82) is 0 Å². The number of H-pyrrole nitrogens is 1. The second-order valence-corrected chi connectivity index (χ2v) is 4.74. The summed E-state index contributed by atoms with van der Waals surface area (Å²) in [5.41, 5.74) is 2.98. The average Bonchev–Trinajstić information content (AvgIpc) is 2.85. The van der Waals surface area contributed by atoms with Gasteiger partial charge in [0.05, 0.1) is 17.9 Å². The Morgan fingerprint density at radius 2 is 2.16 bits per heavy atom. The molecule has 0 radical (unpaired) electrons. The Hall–Kier alpha value is -2.18. The number of hydrogen-bond acceptors (Lipinski definition) is 4. The summed E-state index contributed by atoms with van der Waals surface area (Å²) in [6.07, 6.45) is 0. The van der Waals surface area contributed by atoms with Gasteiger partial charge >= 0.3 is 0 Å². The number of nitrogens with zero attached hydrogens (tertiary/aromatic N) is 4. The molecule has 0 bridgehead atoms. The smallest absolute Gasteiger partial charge is 0.274 e. The van der Waals surface area contributed by atoms with Crippen molar-refractivity contribution >= 4 is 5.91 Å². The van der Waals surface area contributed by atoms with Gasteiger partial charge in [-0.3, -0.25) is 9.48 Å². The summed E-state index contributed by atoms with van der Waals surface area (Å²) in [6, 6.07) is 1.97. The molecule has 1 amide bonds. The zero-order chi connectivity index (χ0) is 14.0. The van der Waals surface area contributed by atoms with Gasteiger partial charge in [0, 0.05) is 11.7 Å². The quantitative estimate of drug-likeness (QED) is 0.850. The van der Waals surface area contributed by atoms with Crippen LogP contribution in [-0.2, 0) is 6.54 Å². The minimum absolute atomic E-state index is 0.0402. The molecule has 0 saturated carbocycles. The van der Waals surface area contributed by atoms with Crippen LogP contribution in [0.2, 0.25) is 0 Å². The van der Waals surface area contributed by atoms with Gasteiger partial charge in [-0.05, 0) is 33.8 Å². The molecule has 0 aliphatic heterocycles. The van der Waals surface area contributed by atoms with Crippen molar-refractivity contribution in [2.24, 2.45) is 0 Å². The number of aromatic nitrogens is 5. The standard InChI is InChI=1S/C12H18N6O/c1-7-5-9(3)18(16-7)6-8(2)13-12(19)11-10(4)14-17-15-11/h5,8H,6H2,1-4H3,(H,13,19)(H,14,15,17)/t8-/m0/s1. The molecule has 19 heavy (non-hydrogen) atoms. The van der Waals surface area contributed by atoms with E-state index in [2.05, 4.69) is 25.8 Å². The number of hydrogen-bond donors (Lipinski definition) is 2. The summed E-state index contributed by atoms with van der Waals surface area (Å²) < 4.78 is 1.88. The van der Waals surface area contributed by atoms with Crippen molar-refractivity contribution in [1.82, 2.24) is 30.5 Å². The fraction of sp³-hybridized carbons (Fsp3) is 0.500. The molecule has 7 heteroatoms. The summed E-state index contributed by atoms with van der Waals surface area (Å²) in [6.45, 7) is 8.25. The predicted octanol–water partition coefficient (Wildman–Crippen LogP) is 0.745. The first-order valence-corrected chi connectivity index (χ1v) is 6.16. The van der Waals surface area contributed by atoms with Gasteiger partial charge in [0.25, 0.3) is 5.91 Å². The molecule has 2 aromatic heterocycles. The van der Waals surface area contributed by atoms with Crippen molar-refractivity contribution in [2.75, 3.05) is 0 Å². The van der Waals surface area contributed by atoms with Crippen LogP contribution in [0, 0.1) is 20.8 Å². The maximum absolute atomic E-state index is 12.0. The Bertz CT molecular complexity index is 585. The summed E-state index contributed by atoms with van der Waals surface area (Å²) in [5, 5.41) is 17.3. The van der Waals surface area contributed by atoms with Crippen molar-refractivity contribution in [3.05, 3.63) is 28.8 Å². The molecule has 0 aliphatic rings. The first-order valence-electron chi connectivity index (χ1n) is 6.16. The third-order valence-electron chi connectivity index (χ3n) is 2.86. The van der Waals surface area contributed by atoms with Crippen LogP contribution in [0.15, 0.2) is 6.07 Å². The second-order valence-electron chi connectivity index (χ2n) is 4.74. The third-order valence-corrected chi connectivity index (χ3v) is 2.86. The lowest BCUT2D eigenvalue weighted by atomic mass is 10.2. The van der Waals surface area contributed by atoms with Crippen LogP contribution in [0.4, 0.5) is 0 Å². The largest absolute Gasteiger partial charge is 0.346 e. The number of aryl methyl sites for hydroxylation is 3. The van der Waals surface area contributed by atoms with E-state index in [4.69, 9.17) is 0 Å². The fourth-order valence-electron chi connectivity index (χ4n) is 1.96. The van der Waals surface area contributed by atoms with Crippen LogP contribution in [0.1, 0.15) is 34.5 Å². The van der Waals surface area contributed by atoms with Crippen molar-refractivity contribution in [3.8, 4) is 0 Å². The number of amides is 1. The van der Waals surface area contributed by atoms with Gasteiger partial charge < -0.3 is 5.32 Å². The molecule has 0 unspecified atom stereocenters. The van der Waals surface area contributed by atoms with Crippen LogP contribution in [0.3, 0.4) is 0 Å². The Labute approximate surface area is 111 Å². The molecule has 0 saturated heterocycles. The molecule has 0 aromatic carbocycles. The summed E-state index contributed by atoms with van der Waals surface area (Å²) >= 11 is 0. The van der Waals surface area contributed by atoms with Crippen LogP contribution in [0.5, 0.6) is 0 Å². The van der Waals surface area contributed by atoms with E-state index in [0.717, 1.165) is 11.4 Å². The predicted molar refractivity (Wildman–Crippen MR) is 69.7 cm³/mol. The first kappa shape index (κ1) is 13.3. The number of carbonyl (C=O) groups is 1. The van der Waals surface area contributed by atoms with Gasteiger partial charge in [-0.25, -0.2) is 0 Å². The van der Waals surface area contributed by atoms with Crippen molar-refractivity contribution < 1.29 is 4.79 Å². The monoisotopic (exact) mass is 262 g/mol. The Kier molecular flexibility index (Phi) is 3.64. The van der Waals surface area contributed by atoms with Gasteiger partial charge in [0.1, 0.15) is 0 Å². The minimum Gasteiger partial charge on any atom is -0.346 e. The van der Waals surface area contributed by atoms with E-state index in [1.807, 2.05) is 31.5 Å². The van der Waals surface area contributed by atoms with E-state index in [1.54, 1.807) is 6.92 Å². The number of carbonyl (C=O) groups excluding carboxylic acids is 1. The molecular weight excluding hydrogens is 244 g/mol. The Morgan fingerprint density at radius 1 is 1.42 bits per heavy atom. The summed E-state index contributed by atoms with van der Waals surface area (Å²) in [4.78, 5) is 12.0. The topological polar surface area (TPSA) is 88.5 Å². The van der Waals surface area contributed by atoms with Crippen molar-refractivity contribution in [2.45, 2.75) is 40.3 Å². The lowest BCUT2D eigenvalue weighted by molar-refractivity contribution is 0.0930. The molecule has 2 N–H and O–H groups in total. The van der Waals surface area contributed by atoms with Gasteiger partial charge in [-0.1, -0.05) is 0 Å². The summed E-state index contributed by atoms with van der Waals surface area (Å²) in [5.74, 6) is -0.222. The number of rotatable bonds is 4. The summed E-state index contributed by atoms with van der Waals surface area (Å²) in [7, 11) is 0. The van der Waals surface area contributed by atoms with Crippen LogP contribution in [0.25, 0.3) is 0 Å². The van der Waals surface area contributed by atoms with E-state index in [-0.39, 0.29) is 11.9 Å². The number of nitrogens with one attached hydrogen (secondary N) is 2. The Balaban J connectivity index is 1.98. The van der Waals surface area contributed by atoms with E-state index in [9.17, 15) is 4.79 Å². The zero-order valence-corrected chi connectivity index (χ0v) is 11.6. The number of aromatic amines is 1. The molecule has 2 rings (SSSR count). The molecule has 102 valence electrons. The molecule has 0 aliphatic carbocycles. The normalized spacial score (nSPS) is 12.4. The molecule has 0 fully saturated rings. The molecular formula is C12H18N6O. The lowest BCUT2D eigenvalue weighted by Crippen LogP contribution is -2.36. The zero-order valence-electron chi connectivity index (χ0n) is 11.6. The van der Waals surface area contributed by atoms with Gasteiger partial charge in [0.2, 0.25) is 0 Å². The van der Waals surface area contributed by atoms with Gasteiger partial charge in [0.15, 0.2) is 5.69 Å². The highest BCUT2D eigenvalue weighted by molar-refractivity contribution is 5.93. The van der Waals surface area contributed by atoms with Gasteiger partial charge in [-0.2, -0.15) is 20.5 Å². The van der Waals surface area contributed by atoms with Gasteiger partial charge in [-0.15, -0.1) is 0 Å². The molecule has 0 spiro atoms. The minimum atomic E-state index is -0.222. The molecule has 1 atom stereocenters. The highest BCUT2D eigenvalue weighted by Gasteiger charge is 2.16. The fourth-order valence-corrected chi connectivity index (χ4v) is 1.96. The molecule has 2 heterocycles. The van der Waals surface area contributed by atoms with Crippen LogP contribution >= 0.6 is 0 Å². The highest BCUT2D eigenvalue weighted by Crippen LogP contribution is 2.04. The van der Waals surface area contributed by atoms with Crippen LogP contribution in [-0.4, -0.2) is 37.1 Å². The maximum atomic E-state index is 12.0. The van der Waals surface area contributed by atoms with E-state index < -0.39 is 0 Å². The van der Waals surface area contributed by atoms with E-state index in [1.165, 1.54) is 0 Å². The molecule has 7 nitrogen and oxygen atoms in total. The highest BCUT2D eigenvalue weighted by atomic mass is 16.2. The Morgan fingerprint density at radius 3 is 2.68 bits per heavy atom. The lowest BCUT2D eigenvalue weighted by Gasteiger charge is -2.14. The SMILES string of the molecule is Cc1cc(C)n(C[C@H](C)NC(=O)c2n[nH]nc2C)n1. The molecule has 2 aromatic rings. The first-order chi connectivity index (χ1) is 8.97.